The number of esters is 3. The predicted molar refractivity (Wildman–Crippen MR) is 196 cm³/mol. The predicted octanol–water partition coefficient (Wildman–Crippen LogP) is 9.79. The molecule has 9 heteroatoms. The van der Waals surface area contributed by atoms with E-state index >= 15 is 0 Å². The molecule has 1 atom stereocenters. The molecule has 0 aliphatic rings. The fourth-order valence-corrected chi connectivity index (χ4v) is 5.55. The van der Waals surface area contributed by atoms with Crippen LogP contribution in [0.15, 0.2) is 0 Å². The van der Waals surface area contributed by atoms with Gasteiger partial charge in [0.2, 0.25) is 0 Å². The summed E-state index contributed by atoms with van der Waals surface area (Å²) in [7, 11) is 1.60. The first-order valence-corrected chi connectivity index (χ1v) is 20.0. The van der Waals surface area contributed by atoms with Gasteiger partial charge in [0, 0.05) is 39.6 Å². The molecule has 0 aliphatic carbocycles. The van der Waals surface area contributed by atoms with E-state index in [1.165, 1.54) is 103 Å². The van der Waals surface area contributed by atoms with Crippen LogP contribution in [0.1, 0.15) is 187 Å². The lowest BCUT2D eigenvalue weighted by Crippen LogP contribution is -2.31. The summed E-state index contributed by atoms with van der Waals surface area (Å²) < 4.78 is 26.5. The highest BCUT2D eigenvalue weighted by molar-refractivity contribution is 5.83. The van der Waals surface area contributed by atoms with Gasteiger partial charge < -0.3 is 23.7 Å². The summed E-state index contributed by atoms with van der Waals surface area (Å²) in [6, 6.07) is 0. The van der Waals surface area contributed by atoms with Crippen LogP contribution in [-0.4, -0.2) is 69.9 Å². The molecule has 288 valence electrons. The first kappa shape index (κ1) is 47.0. The highest BCUT2D eigenvalue weighted by Gasteiger charge is 2.20. The molecule has 0 aromatic heterocycles. The number of methoxy groups -OCH3 is 1. The number of ketones is 1. The summed E-state index contributed by atoms with van der Waals surface area (Å²) in [5, 5.41) is 0. The minimum atomic E-state index is -0.884. The normalized spacial score (nSPS) is 11.7. The molecule has 0 aliphatic heterocycles. The maximum absolute atomic E-state index is 12.6. The van der Waals surface area contributed by atoms with Crippen molar-refractivity contribution in [2.24, 2.45) is 0 Å². The molecule has 0 aromatic rings. The van der Waals surface area contributed by atoms with Crippen molar-refractivity contribution in [2.75, 3.05) is 40.1 Å². The van der Waals surface area contributed by atoms with Gasteiger partial charge in [-0.2, -0.15) is 0 Å². The van der Waals surface area contributed by atoms with E-state index in [1.54, 1.807) is 7.11 Å². The number of hydrogen-bond donors (Lipinski definition) is 0. The molecule has 0 aromatic carbocycles. The van der Waals surface area contributed by atoms with Crippen molar-refractivity contribution >= 4 is 23.7 Å². The highest BCUT2D eigenvalue weighted by atomic mass is 16.6. The van der Waals surface area contributed by atoms with Crippen LogP contribution in [0.3, 0.4) is 0 Å². The van der Waals surface area contributed by atoms with Gasteiger partial charge in [-0.25, -0.2) is 0 Å². The zero-order valence-corrected chi connectivity index (χ0v) is 31.9. The van der Waals surface area contributed by atoms with Gasteiger partial charge in [0.1, 0.15) is 19.8 Å². The zero-order chi connectivity index (χ0) is 36.0. The standard InChI is InChI=1S/C40H74O9/c1-4-6-8-10-12-14-16-18-20-22-24-27-38(42)47-34-37(35-48-39(43)30-29-36(41)33-46-32-26-31-45-3)49-40(44)28-25-23-21-19-17-15-13-11-9-7-5-2/h37H,4-35H2,1-3H3. The molecule has 0 rings (SSSR count). The molecular formula is C40H74O9. The molecule has 0 radical (unpaired) electrons. The maximum Gasteiger partial charge on any atom is 0.306 e. The molecule has 0 heterocycles. The summed E-state index contributed by atoms with van der Waals surface area (Å²) in [5.74, 6) is -1.50. The number of carbonyl (C=O) groups excluding carboxylic acids is 4. The van der Waals surface area contributed by atoms with E-state index in [-0.39, 0.29) is 56.8 Å². The average molecular weight is 699 g/mol. The minimum absolute atomic E-state index is 0.000364. The second kappa shape index (κ2) is 37.3. The smallest absolute Gasteiger partial charge is 0.306 e. The third-order valence-corrected chi connectivity index (χ3v) is 8.64. The Morgan fingerprint density at radius 2 is 0.857 bits per heavy atom. The van der Waals surface area contributed by atoms with Crippen LogP contribution in [0.5, 0.6) is 0 Å². The van der Waals surface area contributed by atoms with Crippen molar-refractivity contribution in [3.8, 4) is 0 Å². The quantitative estimate of drug-likeness (QED) is 0.0353. The van der Waals surface area contributed by atoms with E-state index < -0.39 is 12.1 Å². The van der Waals surface area contributed by atoms with E-state index in [0.29, 0.717) is 26.1 Å². The van der Waals surface area contributed by atoms with Crippen molar-refractivity contribution in [3.63, 3.8) is 0 Å². The zero-order valence-electron chi connectivity index (χ0n) is 31.9. The second-order valence-electron chi connectivity index (χ2n) is 13.5. The van der Waals surface area contributed by atoms with Gasteiger partial charge >= 0.3 is 17.9 Å². The lowest BCUT2D eigenvalue weighted by molar-refractivity contribution is -0.167. The summed E-state index contributed by atoms with van der Waals surface area (Å²) in [6.45, 7) is 4.98. The molecule has 0 fully saturated rings. The van der Waals surface area contributed by atoms with Crippen LogP contribution in [0.4, 0.5) is 0 Å². The molecular weight excluding hydrogens is 624 g/mol. The Morgan fingerprint density at radius 1 is 0.449 bits per heavy atom. The largest absolute Gasteiger partial charge is 0.462 e. The lowest BCUT2D eigenvalue weighted by atomic mass is 10.1. The maximum atomic E-state index is 12.6. The van der Waals surface area contributed by atoms with Crippen molar-refractivity contribution in [3.05, 3.63) is 0 Å². The lowest BCUT2D eigenvalue weighted by Gasteiger charge is -2.18. The van der Waals surface area contributed by atoms with Crippen LogP contribution in [0.2, 0.25) is 0 Å². The van der Waals surface area contributed by atoms with Crippen molar-refractivity contribution in [1.29, 1.82) is 0 Å². The van der Waals surface area contributed by atoms with Crippen LogP contribution >= 0.6 is 0 Å². The number of hydrogen-bond acceptors (Lipinski definition) is 9. The number of unbranched alkanes of at least 4 members (excludes halogenated alkanes) is 20. The number of rotatable bonds is 38. The Bertz CT molecular complexity index is 786. The molecule has 9 nitrogen and oxygen atoms in total. The van der Waals surface area contributed by atoms with Gasteiger partial charge in [0.05, 0.1) is 6.42 Å². The Morgan fingerprint density at radius 3 is 1.31 bits per heavy atom. The Labute approximate surface area is 299 Å². The van der Waals surface area contributed by atoms with Gasteiger partial charge in [-0.1, -0.05) is 142 Å². The van der Waals surface area contributed by atoms with Crippen LogP contribution < -0.4 is 0 Å². The molecule has 1 unspecified atom stereocenters. The van der Waals surface area contributed by atoms with Crippen molar-refractivity contribution < 1.29 is 42.9 Å². The van der Waals surface area contributed by atoms with Gasteiger partial charge in [-0.05, 0) is 19.3 Å². The molecule has 0 saturated carbocycles. The molecule has 0 spiro atoms. The SMILES string of the molecule is CCCCCCCCCCCCCC(=O)OCC(COC(=O)CCC(=O)COCCCOC)OC(=O)CCCCCCCCCCCCC. The van der Waals surface area contributed by atoms with Crippen molar-refractivity contribution in [1.82, 2.24) is 0 Å². The molecule has 0 amide bonds. The van der Waals surface area contributed by atoms with Gasteiger partial charge in [-0.15, -0.1) is 0 Å². The first-order valence-electron chi connectivity index (χ1n) is 20.0. The van der Waals surface area contributed by atoms with E-state index in [0.717, 1.165) is 38.5 Å². The van der Waals surface area contributed by atoms with Gasteiger partial charge in [0.25, 0.3) is 0 Å². The van der Waals surface area contributed by atoms with Crippen molar-refractivity contribution in [2.45, 2.75) is 193 Å². The van der Waals surface area contributed by atoms with E-state index in [2.05, 4.69) is 13.8 Å². The first-order chi connectivity index (χ1) is 23.9. The fraction of sp³-hybridized carbons (Fsp3) is 0.900. The molecule has 0 bridgehead atoms. The van der Waals surface area contributed by atoms with Crippen LogP contribution in [0, 0.1) is 0 Å². The summed E-state index contributed by atoms with van der Waals surface area (Å²) in [6.07, 6.45) is 26.5. The highest BCUT2D eigenvalue weighted by Crippen LogP contribution is 2.14. The number of carbonyl (C=O) groups is 4. The third kappa shape index (κ3) is 35.6. The van der Waals surface area contributed by atoms with Gasteiger partial charge in [0.15, 0.2) is 11.9 Å². The topological polar surface area (TPSA) is 114 Å². The van der Waals surface area contributed by atoms with Crippen LogP contribution in [0.25, 0.3) is 0 Å². The Hall–Kier alpha value is -2.00. The number of ether oxygens (including phenoxy) is 5. The molecule has 0 saturated heterocycles. The second-order valence-corrected chi connectivity index (χ2v) is 13.5. The minimum Gasteiger partial charge on any atom is -0.462 e. The average Bonchev–Trinajstić information content (AvgIpc) is 3.09. The van der Waals surface area contributed by atoms with Crippen LogP contribution in [-0.2, 0) is 42.9 Å². The Balaban J connectivity index is 4.42. The summed E-state index contributed by atoms with van der Waals surface area (Å²) in [4.78, 5) is 49.3. The fourth-order valence-electron chi connectivity index (χ4n) is 5.55. The van der Waals surface area contributed by atoms with E-state index in [4.69, 9.17) is 23.7 Å². The number of Topliss-reactive ketones (excluding diaryl/α,β-unsaturated/α-hetero) is 1. The summed E-state index contributed by atoms with van der Waals surface area (Å²) >= 11 is 0. The molecule has 0 N–H and O–H groups in total. The third-order valence-electron chi connectivity index (χ3n) is 8.64. The monoisotopic (exact) mass is 699 g/mol. The van der Waals surface area contributed by atoms with E-state index in [1.807, 2.05) is 0 Å². The van der Waals surface area contributed by atoms with E-state index in [9.17, 15) is 19.2 Å². The Kier molecular flexibility index (Phi) is 35.7. The summed E-state index contributed by atoms with van der Waals surface area (Å²) in [5.41, 5.74) is 0. The molecule has 49 heavy (non-hydrogen) atoms. The van der Waals surface area contributed by atoms with Gasteiger partial charge in [-0.3, -0.25) is 19.2 Å².